The maximum atomic E-state index is 12.4. The molecule has 0 aliphatic carbocycles. The number of carbonyl (C=O) groups is 1. The van der Waals surface area contributed by atoms with E-state index in [1.165, 1.54) is 12.3 Å². The van der Waals surface area contributed by atoms with Gasteiger partial charge in [0.2, 0.25) is 5.91 Å². The molecule has 0 bridgehead atoms. The summed E-state index contributed by atoms with van der Waals surface area (Å²) in [6.07, 6.45) is 7.49. The molecule has 0 radical (unpaired) electrons. The Labute approximate surface area is 136 Å². The van der Waals surface area contributed by atoms with Gasteiger partial charge in [-0.05, 0) is 24.6 Å². The Hall–Kier alpha value is -2.59. The van der Waals surface area contributed by atoms with Crippen LogP contribution in [0.25, 0.3) is 0 Å². The Kier molecular flexibility index (Phi) is 6.39. The Morgan fingerprint density at radius 3 is 2.65 bits per heavy atom. The van der Waals surface area contributed by atoms with Crippen molar-refractivity contribution in [2.24, 2.45) is 0 Å². The van der Waals surface area contributed by atoms with Crippen molar-refractivity contribution in [2.75, 3.05) is 6.54 Å². The molecule has 0 aliphatic rings. The molecule has 120 valence electrons. The van der Waals surface area contributed by atoms with Gasteiger partial charge in [0.15, 0.2) is 0 Å². The van der Waals surface area contributed by atoms with E-state index in [0.29, 0.717) is 12.3 Å². The van der Waals surface area contributed by atoms with Crippen molar-refractivity contribution in [2.45, 2.75) is 19.6 Å². The first-order valence-electron chi connectivity index (χ1n) is 7.54. The predicted octanol–water partition coefficient (Wildman–Crippen LogP) is 3.47. The van der Waals surface area contributed by atoms with E-state index in [1.54, 1.807) is 29.2 Å². The van der Waals surface area contributed by atoms with Crippen LogP contribution in [0.3, 0.4) is 0 Å². The Balaban J connectivity index is 2.11. The van der Waals surface area contributed by atoms with Gasteiger partial charge >= 0.3 is 0 Å². The van der Waals surface area contributed by atoms with Gasteiger partial charge in [-0.25, -0.2) is 0 Å². The molecule has 4 nitrogen and oxygen atoms in total. The van der Waals surface area contributed by atoms with E-state index < -0.39 is 6.10 Å². The Morgan fingerprint density at radius 1 is 1.22 bits per heavy atom. The van der Waals surface area contributed by atoms with Crippen LogP contribution in [0.5, 0.6) is 0 Å². The summed E-state index contributed by atoms with van der Waals surface area (Å²) in [7, 11) is 0. The zero-order chi connectivity index (χ0) is 16.5. The first kappa shape index (κ1) is 16.8. The minimum Gasteiger partial charge on any atom is -0.467 e. The zero-order valence-corrected chi connectivity index (χ0v) is 13.1. The molecule has 1 aromatic carbocycles. The van der Waals surface area contributed by atoms with Gasteiger partial charge < -0.3 is 14.4 Å². The fourth-order valence-corrected chi connectivity index (χ4v) is 2.17. The average molecular weight is 311 g/mol. The van der Waals surface area contributed by atoms with Crippen LogP contribution in [0.1, 0.15) is 24.4 Å². The van der Waals surface area contributed by atoms with Gasteiger partial charge in [0, 0.05) is 12.6 Å². The van der Waals surface area contributed by atoms with Crippen molar-refractivity contribution in [3.63, 3.8) is 0 Å². The lowest BCUT2D eigenvalue weighted by Crippen LogP contribution is -2.33. The van der Waals surface area contributed by atoms with Gasteiger partial charge in [-0.3, -0.25) is 4.79 Å². The minimum absolute atomic E-state index is 0.155. The molecule has 0 fully saturated rings. The molecule has 2 aromatic rings. The van der Waals surface area contributed by atoms with Crippen LogP contribution < -0.4 is 0 Å². The summed E-state index contributed by atoms with van der Waals surface area (Å²) in [4.78, 5) is 14.0. The van der Waals surface area contributed by atoms with Crippen LogP contribution in [0.4, 0.5) is 0 Å². The number of allylic oxidation sites excluding steroid dienone is 3. The highest BCUT2D eigenvalue weighted by atomic mass is 16.4. The number of aliphatic hydroxyl groups is 1. The van der Waals surface area contributed by atoms with E-state index in [0.717, 1.165) is 5.56 Å². The molecule has 1 atom stereocenters. The number of nitrogens with zero attached hydrogens (tertiary/aromatic N) is 1. The number of hydrogen-bond acceptors (Lipinski definition) is 3. The van der Waals surface area contributed by atoms with Crippen LogP contribution >= 0.6 is 0 Å². The third kappa shape index (κ3) is 5.27. The smallest absolute Gasteiger partial charge is 0.246 e. The summed E-state index contributed by atoms with van der Waals surface area (Å²) in [5, 5.41) is 10.3. The Morgan fingerprint density at radius 2 is 2.00 bits per heavy atom. The first-order chi connectivity index (χ1) is 11.2. The fourth-order valence-electron chi connectivity index (χ4n) is 2.17. The molecule has 4 heteroatoms. The van der Waals surface area contributed by atoms with Crippen molar-refractivity contribution in [3.8, 4) is 0 Å². The van der Waals surface area contributed by atoms with Crippen LogP contribution in [0, 0.1) is 0 Å². The molecule has 0 saturated carbocycles. The lowest BCUT2D eigenvalue weighted by atomic mass is 10.2. The second-order valence-electron chi connectivity index (χ2n) is 5.12. The molecule has 0 aliphatic heterocycles. The molecule has 1 aromatic heterocycles. The number of benzene rings is 1. The predicted molar refractivity (Wildman–Crippen MR) is 89.5 cm³/mol. The van der Waals surface area contributed by atoms with E-state index in [9.17, 15) is 9.90 Å². The highest BCUT2D eigenvalue weighted by Crippen LogP contribution is 2.16. The van der Waals surface area contributed by atoms with E-state index >= 15 is 0 Å². The summed E-state index contributed by atoms with van der Waals surface area (Å²) in [5.74, 6) is 0.297. The zero-order valence-electron chi connectivity index (χ0n) is 13.1. The van der Waals surface area contributed by atoms with Crippen LogP contribution in [0.15, 0.2) is 77.4 Å². The van der Waals surface area contributed by atoms with Gasteiger partial charge in [-0.1, -0.05) is 48.6 Å². The van der Waals surface area contributed by atoms with Gasteiger partial charge in [-0.15, -0.1) is 0 Å². The SMILES string of the molecule is CC=CC=CC(=O)N(Cc1ccccc1)CC(O)c1ccco1. The maximum Gasteiger partial charge on any atom is 0.246 e. The molecule has 1 heterocycles. The Bertz CT molecular complexity index is 645. The van der Waals surface area contributed by atoms with Gasteiger partial charge in [0.1, 0.15) is 11.9 Å². The number of hydrogen-bond donors (Lipinski definition) is 1. The second kappa shape index (κ2) is 8.76. The van der Waals surface area contributed by atoms with Crippen molar-refractivity contribution < 1.29 is 14.3 Å². The first-order valence-corrected chi connectivity index (χ1v) is 7.54. The molecule has 1 N–H and O–H groups in total. The van der Waals surface area contributed by atoms with Crippen molar-refractivity contribution >= 4 is 5.91 Å². The largest absolute Gasteiger partial charge is 0.467 e. The third-order valence-electron chi connectivity index (χ3n) is 3.34. The lowest BCUT2D eigenvalue weighted by Gasteiger charge is -2.23. The van der Waals surface area contributed by atoms with Gasteiger partial charge in [0.05, 0.1) is 12.8 Å². The quantitative estimate of drug-likeness (QED) is 0.629. The highest BCUT2D eigenvalue weighted by molar-refractivity contribution is 5.87. The standard InChI is InChI=1S/C19H21NO3/c1-2-3-5-12-19(22)20(14-16-9-6-4-7-10-16)15-17(21)18-11-8-13-23-18/h2-13,17,21H,14-15H2,1H3. The second-order valence-corrected chi connectivity index (χ2v) is 5.12. The lowest BCUT2D eigenvalue weighted by molar-refractivity contribution is -0.128. The van der Waals surface area contributed by atoms with Crippen LogP contribution in [-0.2, 0) is 11.3 Å². The number of furan rings is 1. The van der Waals surface area contributed by atoms with E-state index in [4.69, 9.17) is 4.42 Å². The number of carbonyl (C=O) groups excluding carboxylic acids is 1. The van der Waals surface area contributed by atoms with Gasteiger partial charge in [0.25, 0.3) is 0 Å². The minimum atomic E-state index is -0.854. The normalized spacial score (nSPS) is 12.8. The summed E-state index contributed by atoms with van der Waals surface area (Å²) in [6.45, 7) is 2.48. The van der Waals surface area contributed by atoms with E-state index in [2.05, 4.69) is 0 Å². The maximum absolute atomic E-state index is 12.4. The molecule has 23 heavy (non-hydrogen) atoms. The molecular formula is C19H21NO3. The number of aliphatic hydroxyl groups excluding tert-OH is 1. The molecule has 0 spiro atoms. The molecule has 1 unspecified atom stereocenters. The third-order valence-corrected chi connectivity index (χ3v) is 3.34. The fraction of sp³-hybridized carbons (Fsp3) is 0.211. The topological polar surface area (TPSA) is 53.7 Å². The van der Waals surface area contributed by atoms with E-state index in [1.807, 2.05) is 43.3 Å². The summed E-state index contributed by atoms with van der Waals surface area (Å²) < 4.78 is 5.21. The molecule has 0 saturated heterocycles. The number of amides is 1. The van der Waals surface area contributed by atoms with Crippen molar-refractivity contribution in [3.05, 3.63) is 84.4 Å². The van der Waals surface area contributed by atoms with Crippen LogP contribution in [0.2, 0.25) is 0 Å². The summed E-state index contributed by atoms with van der Waals surface area (Å²) in [5.41, 5.74) is 1.01. The monoisotopic (exact) mass is 311 g/mol. The van der Waals surface area contributed by atoms with Gasteiger partial charge in [-0.2, -0.15) is 0 Å². The van der Waals surface area contributed by atoms with Crippen molar-refractivity contribution in [1.29, 1.82) is 0 Å². The van der Waals surface area contributed by atoms with E-state index in [-0.39, 0.29) is 12.5 Å². The average Bonchev–Trinajstić information content (AvgIpc) is 3.10. The summed E-state index contributed by atoms with van der Waals surface area (Å²) >= 11 is 0. The van der Waals surface area contributed by atoms with Crippen molar-refractivity contribution in [1.82, 2.24) is 4.90 Å². The molecular weight excluding hydrogens is 290 g/mol. The highest BCUT2D eigenvalue weighted by Gasteiger charge is 2.19. The molecule has 2 rings (SSSR count). The van der Waals surface area contributed by atoms with Crippen LogP contribution in [-0.4, -0.2) is 22.5 Å². The number of rotatable bonds is 7. The molecule has 1 amide bonds. The summed E-state index contributed by atoms with van der Waals surface area (Å²) in [6, 6.07) is 13.1.